The van der Waals surface area contributed by atoms with E-state index in [2.05, 4.69) is 5.92 Å². The minimum Gasteiger partial charge on any atom is -0.497 e. The van der Waals surface area contributed by atoms with Crippen molar-refractivity contribution in [2.45, 2.75) is 13.5 Å². The lowest BCUT2D eigenvalue weighted by molar-refractivity contribution is 0.0685. The van der Waals surface area contributed by atoms with E-state index in [-0.39, 0.29) is 12.2 Å². The van der Waals surface area contributed by atoms with Gasteiger partial charge in [0.1, 0.15) is 17.2 Å². The maximum atomic E-state index is 11.5. The van der Waals surface area contributed by atoms with Crippen LogP contribution >= 0.6 is 0 Å². The average Bonchev–Trinajstić information content (AvgIpc) is 2.71. The number of rotatable bonds is 4. The monoisotopic (exact) mass is 273 g/mol. The lowest BCUT2D eigenvalue weighted by Gasteiger charge is -2.09. The minimum absolute atomic E-state index is 0.161. The zero-order valence-corrected chi connectivity index (χ0v) is 11.6. The van der Waals surface area contributed by atoms with Crippen molar-refractivity contribution in [1.82, 2.24) is 4.57 Å². The Morgan fingerprint density at radius 2 is 2.10 bits per heavy atom. The summed E-state index contributed by atoms with van der Waals surface area (Å²) in [6, 6.07) is 3.49. The fourth-order valence-electron chi connectivity index (χ4n) is 2.39. The molecule has 0 bridgehead atoms. The van der Waals surface area contributed by atoms with E-state index >= 15 is 0 Å². The maximum absolute atomic E-state index is 11.5. The van der Waals surface area contributed by atoms with Crippen LogP contribution in [0.15, 0.2) is 12.1 Å². The van der Waals surface area contributed by atoms with Crippen LogP contribution in [0.1, 0.15) is 16.1 Å². The van der Waals surface area contributed by atoms with E-state index in [0.717, 1.165) is 5.39 Å². The number of benzene rings is 1. The van der Waals surface area contributed by atoms with Gasteiger partial charge in [-0.15, -0.1) is 6.42 Å². The van der Waals surface area contributed by atoms with Crippen LogP contribution in [0.5, 0.6) is 11.5 Å². The molecule has 1 N–H and O–H groups in total. The Morgan fingerprint density at radius 1 is 1.40 bits per heavy atom. The minimum atomic E-state index is -1.02. The Bertz CT molecular complexity index is 722. The van der Waals surface area contributed by atoms with Crippen LogP contribution in [-0.2, 0) is 6.54 Å². The fraction of sp³-hybridized carbons (Fsp3) is 0.267. The van der Waals surface area contributed by atoms with Gasteiger partial charge in [-0.25, -0.2) is 4.79 Å². The summed E-state index contributed by atoms with van der Waals surface area (Å²) in [5.41, 5.74) is 1.48. The number of ether oxygens (including phenoxy) is 2. The Hall–Kier alpha value is -2.61. The third kappa shape index (κ3) is 1.95. The van der Waals surface area contributed by atoms with E-state index in [4.69, 9.17) is 15.9 Å². The predicted octanol–water partition coefficient (Wildman–Crippen LogP) is 2.30. The molecule has 0 aliphatic carbocycles. The molecule has 5 nitrogen and oxygen atoms in total. The molecule has 0 saturated heterocycles. The molecule has 0 aliphatic rings. The second kappa shape index (κ2) is 5.17. The van der Waals surface area contributed by atoms with Crippen molar-refractivity contribution in [3.8, 4) is 23.8 Å². The van der Waals surface area contributed by atoms with Gasteiger partial charge in [-0.3, -0.25) is 0 Å². The van der Waals surface area contributed by atoms with Crippen molar-refractivity contribution >= 4 is 16.9 Å². The first kappa shape index (κ1) is 13.8. The van der Waals surface area contributed by atoms with Gasteiger partial charge >= 0.3 is 5.97 Å². The topological polar surface area (TPSA) is 60.7 Å². The number of aryl methyl sites for hydroxylation is 1. The Morgan fingerprint density at radius 3 is 2.60 bits per heavy atom. The second-order valence-corrected chi connectivity index (χ2v) is 4.29. The molecular formula is C15H15NO4. The molecule has 2 aromatic rings. The summed E-state index contributed by atoms with van der Waals surface area (Å²) in [6.07, 6.45) is 5.35. The number of carbonyl (C=O) groups is 1. The molecule has 0 unspecified atom stereocenters. The molecule has 5 heteroatoms. The number of methoxy groups -OCH3 is 2. The van der Waals surface area contributed by atoms with Gasteiger partial charge in [0.15, 0.2) is 0 Å². The lowest BCUT2D eigenvalue weighted by Crippen LogP contribution is -2.09. The van der Waals surface area contributed by atoms with Crippen LogP contribution in [0.25, 0.3) is 10.9 Å². The van der Waals surface area contributed by atoms with Crippen molar-refractivity contribution in [3.05, 3.63) is 23.4 Å². The normalized spacial score (nSPS) is 10.3. The fourth-order valence-corrected chi connectivity index (χ4v) is 2.39. The van der Waals surface area contributed by atoms with Crippen LogP contribution in [0, 0.1) is 19.3 Å². The first-order valence-corrected chi connectivity index (χ1v) is 5.96. The Balaban J connectivity index is 2.95. The van der Waals surface area contributed by atoms with E-state index in [0.29, 0.717) is 22.6 Å². The summed E-state index contributed by atoms with van der Waals surface area (Å²) >= 11 is 0. The summed E-state index contributed by atoms with van der Waals surface area (Å²) in [4.78, 5) is 11.5. The highest BCUT2D eigenvalue weighted by Gasteiger charge is 2.22. The molecule has 0 amide bonds. The van der Waals surface area contributed by atoms with Crippen LogP contribution in [0.3, 0.4) is 0 Å². The molecular weight excluding hydrogens is 258 g/mol. The van der Waals surface area contributed by atoms with Gasteiger partial charge in [-0.1, -0.05) is 5.92 Å². The predicted molar refractivity (Wildman–Crippen MR) is 75.6 cm³/mol. The molecule has 1 aromatic carbocycles. The van der Waals surface area contributed by atoms with E-state index in [1.165, 1.54) is 7.11 Å². The molecule has 1 heterocycles. The van der Waals surface area contributed by atoms with Gasteiger partial charge in [0.05, 0.1) is 26.3 Å². The maximum Gasteiger partial charge on any atom is 0.352 e. The van der Waals surface area contributed by atoms with Crippen LogP contribution < -0.4 is 9.47 Å². The van der Waals surface area contributed by atoms with Crippen molar-refractivity contribution in [2.75, 3.05) is 14.2 Å². The lowest BCUT2D eigenvalue weighted by atomic mass is 10.1. The molecule has 0 fully saturated rings. The third-order valence-electron chi connectivity index (χ3n) is 3.26. The quantitative estimate of drug-likeness (QED) is 0.868. The number of nitrogens with zero attached hydrogens (tertiary/aromatic N) is 1. The zero-order chi connectivity index (χ0) is 14.9. The number of aromatic carboxylic acids is 1. The van der Waals surface area contributed by atoms with Crippen molar-refractivity contribution in [3.63, 3.8) is 0 Å². The van der Waals surface area contributed by atoms with Crippen molar-refractivity contribution in [1.29, 1.82) is 0 Å². The van der Waals surface area contributed by atoms with E-state index in [1.807, 2.05) is 0 Å². The number of hydrogen-bond acceptors (Lipinski definition) is 3. The molecule has 0 spiro atoms. The number of carboxylic acid groups (broad SMARTS) is 1. The third-order valence-corrected chi connectivity index (χ3v) is 3.26. The van der Waals surface area contributed by atoms with Gasteiger partial charge in [0, 0.05) is 11.5 Å². The zero-order valence-electron chi connectivity index (χ0n) is 11.6. The summed E-state index contributed by atoms with van der Waals surface area (Å²) in [5.74, 6) is 2.60. The van der Waals surface area contributed by atoms with Crippen molar-refractivity contribution in [2.24, 2.45) is 0 Å². The molecule has 1 aromatic heterocycles. The van der Waals surface area contributed by atoms with Gasteiger partial charge < -0.3 is 19.1 Å². The molecule has 2 rings (SSSR count). The number of carboxylic acids is 1. The number of hydrogen-bond donors (Lipinski definition) is 1. The Kier molecular flexibility index (Phi) is 3.57. The van der Waals surface area contributed by atoms with Crippen molar-refractivity contribution < 1.29 is 19.4 Å². The van der Waals surface area contributed by atoms with Crippen LogP contribution in [0.2, 0.25) is 0 Å². The average molecular weight is 273 g/mol. The Labute approximate surface area is 116 Å². The molecule has 0 aliphatic heterocycles. The molecule has 20 heavy (non-hydrogen) atoms. The second-order valence-electron chi connectivity index (χ2n) is 4.29. The first-order valence-electron chi connectivity index (χ1n) is 5.96. The first-order chi connectivity index (χ1) is 9.54. The summed E-state index contributed by atoms with van der Waals surface area (Å²) in [6.45, 7) is 1.91. The molecule has 104 valence electrons. The molecule has 0 saturated carbocycles. The number of terminal acetylenes is 1. The number of fused-ring (bicyclic) bond motifs is 1. The largest absolute Gasteiger partial charge is 0.497 e. The van der Waals surface area contributed by atoms with E-state index in [9.17, 15) is 9.90 Å². The van der Waals surface area contributed by atoms with Crippen LogP contribution in [0.4, 0.5) is 0 Å². The highest BCUT2D eigenvalue weighted by Crippen LogP contribution is 2.36. The van der Waals surface area contributed by atoms with Gasteiger partial charge in [0.25, 0.3) is 0 Å². The van der Waals surface area contributed by atoms with Gasteiger partial charge in [-0.2, -0.15) is 0 Å². The van der Waals surface area contributed by atoms with E-state index < -0.39 is 5.97 Å². The highest BCUT2D eigenvalue weighted by atomic mass is 16.5. The van der Waals surface area contributed by atoms with Gasteiger partial charge in [0.2, 0.25) is 0 Å². The molecule has 0 atom stereocenters. The summed E-state index contributed by atoms with van der Waals surface area (Å²) in [5, 5.41) is 10.2. The SMILES string of the molecule is C#CCn1c(C(=O)O)c(C)c2cc(OC)cc(OC)c21. The number of aromatic nitrogens is 1. The molecule has 0 radical (unpaired) electrons. The standard InChI is InChI=1S/C15H15NO4/c1-5-6-16-13(15(17)18)9(2)11-7-10(19-3)8-12(20-4)14(11)16/h1,7-8H,6H2,2-4H3,(H,17,18). The van der Waals surface area contributed by atoms with E-state index in [1.54, 1.807) is 30.7 Å². The summed E-state index contributed by atoms with van der Waals surface area (Å²) in [7, 11) is 3.07. The van der Waals surface area contributed by atoms with Crippen LogP contribution in [-0.4, -0.2) is 29.9 Å². The highest BCUT2D eigenvalue weighted by molar-refractivity contribution is 6.00. The smallest absolute Gasteiger partial charge is 0.352 e. The summed E-state index contributed by atoms with van der Waals surface area (Å²) < 4.78 is 12.1. The van der Waals surface area contributed by atoms with Gasteiger partial charge in [-0.05, 0) is 18.6 Å².